The number of halogens is 1. The van der Waals surface area contributed by atoms with Gasteiger partial charge in [0.2, 0.25) is 5.91 Å². The quantitative estimate of drug-likeness (QED) is 0.759. The summed E-state index contributed by atoms with van der Waals surface area (Å²) >= 11 is 0. The zero-order valence-corrected chi connectivity index (χ0v) is 15.7. The fraction of sp³-hybridized carbons (Fsp3) is 0.333. The van der Waals surface area contributed by atoms with Crippen LogP contribution < -0.4 is 14.5 Å². The lowest BCUT2D eigenvalue weighted by atomic mass is 10.1. The maximum Gasteiger partial charge on any atom is 0.251 e. The van der Waals surface area contributed by atoms with E-state index in [4.69, 9.17) is 4.74 Å². The summed E-state index contributed by atoms with van der Waals surface area (Å²) in [7, 11) is 1.52. The first kappa shape index (κ1) is 18.4. The van der Waals surface area contributed by atoms with Crippen molar-refractivity contribution in [2.24, 2.45) is 0 Å². The molecule has 146 valence electrons. The number of hydrogen-bond donors (Lipinski definition) is 0. The summed E-state index contributed by atoms with van der Waals surface area (Å²) in [5.74, 6) is -0.162. The smallest absolute Gasteiger partial charge is 0.251 e. The molecule has 0 unspecified atom stereocenters. The highest BCUT2D eigenvalue weighted by Gasteiger charge is 2.44. The third kappa shape index (κ3) is 3.33. The summed E-state index contributed by atoms with van der Waals surface area (Å²) in [5, 5.41) is 0. The van der Waals surface area contributed by atoms with Gasteiger partial charge in [0.1, 0.15) is 11.6 Å². The molecule has 1 atom stereocenters. The van der Waals surface area contributed by atoms with Crippen molar-refractivity contribution in [3.63, 3.8) is 0 Å². The van der Waals surface area contributed by atoms with Crippen LogP contribution in [-0.2, 0) is 9.59 Å². The Morgan fingerprint density at radius 1 is 0.964 bits per heavy atom. The molecule has 7 heteroatoms. The number of methoxy groups -OCH3 is 1. The maximum absolute atomic E-state index is 13.1. The van der Waals surface area contributed by atoms with E-state index in [2.05, 4.69) is 9.80 Å². The number of para-hydroxylation sites is 2. The number of carbonyl (C=O) groups excluding carboxylic acids is 2. The lowest BCUT2D eigenvalue weighted by Crippen LogP contribution is -2.52. The van der Waals surface area contributed by atoms with Gasteiger partial charge in [-0.15, -0.1) is 0 Å². The van der Waals surface area contributed by atoms with Crippen LogP contribution in [-0.4, -0.2) is 56.0 Å². The van der Waals surface area contributed by atoms with Crippen LogP contribution in [0.3, 0.4) is 0 Å². The lowest BCUT2D eigenvalue weighted by Gasteiger charge is -2.38. The fourth-order valence-electron chi connectivity index (χ4n) is 3.91. The molecule has 4 rings (SSSR count). The monoisotopic (exact) mass is 383 g/mol. The van der Waals surface area contributed by atoms with Crippen molar-refractivity contribution in [3.05, 3.63) is 54.3 Å². The number of piperazine rings is 1. The Hall–Kier alpha value is -2.93. The summed E-state index contributed by atoms with van der Waals surface area (Å²) < 4.78 is 18.4. The van der Waals surface area contributed by atoms with Crippen molar-refractivity contribution >= 4 is 23.2 Å². The van der Waals surface area contributed by atoms with E-state index in [-0.39, 0.29) is 24.1 Å². The van der Waals surface area contributed by atoms with Crippen molar-refractivity contribution in [3.8, 4) is 5.75 Å². The predicted molar refractivity (Wildman–Crippen MR) is 104 cm³/mol. The van der Waals surface area contributed by atoms with Crippen LogP contribution in [0.5, 0.6) is 5.75 Å². The van der Waals surface area contributed by atoms with E-state index < -0.39 is 6.04 Å². The molecule has 2 heterocycles. The summed E-state index contributed by atoms with van der Waals surface area (Å²) in [6.07, 6.45) is 0.174. The van der Waals surface area contributed by atoms with Crippen molar-refractivity contribution < 1.29 is 18.7 Å². The van der Waals surface area contributed by atoms with Crippen LogP contribution in [0.15, 0.2) is 48.5 Å². The minimum atomic E-state index is -0.451. The molecular weight excluding hydrogens is 361 g/mol. The van der Waals surface area contributed by atoms with Gasteiger partial charge in [-0.05, 0) is 36.4 Å². The number of benzene rings is 2. The number of nitrogens with zero attached hydrogens (tertiary/aromatic N) is 3. The number of hydrogen-bond acceptors (Lipinski definition) is 5. The van der Waals surface area contributed by atoms with Gasteiger partial charge in [0, 0.05) is 31.9 Å². The third-order valence-corrected chi connectivity index (χ3v) is 5.40. The van der Waals surface area contributed by atoms with Gasteiger partial charge in [0.25, 0.3) is 5.91 Å². The molecule has 2 aromatic rings. The molecule has 0 aliphatic carbocycles. The highest BCUT2D eigenvalue weighted by Crippen LogP contribution is 2.33. The van der Waals surface area contributed by atoms with E-state index in [1.54, 1.807) is 36.4 Å². The van der Waals surface area contributed by atoms with Gasteiger partial charge in [-0.3, -0.25) is 14.5 Å². The second-order valence-corrected chi connectivity index (χ2v) is 6.96. The first-order chi connectivity index (χ1) is 13.6. The minimum absolute atomic E-state index is 0.174. The molecule has 0 N–H and O–H groups in total. The minimum Gasteiger partial charge on any atom is -0.495 e. The molecule has 2 fully saturated rings. The van der Waals surface area contributed by atoms with E-state index in [0.717, 1.165) is 18.8 Å². The molecule has 0 radical (unpaired) electrons. The molecule has 2 aliphatic rings. The van der Waals surface area contributed by atoms with Gasteiger partial charge >= 0.3 is 0 Å². The first-order valence-electron chi connectivity index (χ1n) is 9.33. The molecule has 2 aromatic carbocycles. The Labute approximate surface area is 163 Å². The van der Waals surface area contributed by atoms with Crippen LogP contribution in [0.25, 0.3) is 0 Å². The second kappa shape index (κ2) is 7.59. The van der Waals surface area contributed by atoms with Crippen molar-refractivity contribution in [1.29, 1.82) is 0 Å². The summed E-state index contributed by atoms with van der Waals surface area (Å²) in [4.78, 5) is 31.1. The number of carbonyl (C=O) groups is 2. The third-order valence-electron chi connectivity index (χ3n) is 5.40. The SMILES string of the molecule is COc1ccccc1N1C(=O)C[C@@H](N2CCN(c3ccc(F)cc3)CC2)C1=O. The Balaban J connectivity index is 1.45. The van der Waals surface area contributed by atoms with Gasteiger partial charge in [-0.25, -0.2) is 9.29 Å². The number of imide groups is 1. The lowest BCUT2D eigenvalue weighted by molar-refractivity contribution is -0.123. The highest BCUT2D eigenvalue weighted by molar-refractivity contribution is 6.23. The van der Waals surface area contributed by atoms with Crippen molar-refractivity contribution in [2.75, 3.05) is 43.1 Å². The predicted octanol–water partition coefficient (Wildman–Crippen LogP) is 2.29. The summed E-state index contributed by atoms with van der Waals surface area (Å²) in [6.45, 7) is 2.78. The van der Waals surface area contributed by atoms with E-state index >= 15 is 0 Å². The molecule has 0 saturated carbocycles. The number of rotatable bonds is 4. The second-order valence-electron chi connectivity index (χ2n) is 6.96. The molecule has 0 spiro atoms. The Bertz CT molecular complexity index is 879. The standard InChI is InChI=1S/C21H22FN3O3/c1-28-19-5-3-2-4-17(19)25-20(26)14-18(21(25)27)24-12-10-23(11-13-24)16-8-6-15(22)7-9-16/h2-9,18H,10-14H2,1H3/t18-/m1/s1. The van der Waals surface area contributed by atoms with Gasteiger partial charge in [0.15, 0.2) is 0 Å². The number of amides is 2. The highest BCUT2D eigenvalue weighted by atomic mass is 19.1. The van der Waals surface area contributed by atoms with E-state index in [9.17, 15) is 14.0 Å². The number of ether oxygens (including phenoxy) is 1. The fourth-order valence-corrected chi connectivity index (χ4v) is 3.91. The van der Waals surface area contributed by atoms with Gasteiger partial charge in [0.05, 0.1) is 25.3 Å². The van der Waals surface area contributed by atoms with Crippen LogP contribution in [0.2, 0.25) is 0 Å². The Kier molecular flexibility index (Phi) is 5.00. The molecule has 0 aromatic heterocycles. The summed E-state index contributed by atoms with van der Waals surface area (Å²) in [5.41, 5.74) is 1.46. The zero-order chi connectivity index (χ0) is 19.7. The first-order valence-corrected chi connectivity index (χ1v) is 9.33. The summed E-state index contributed by atoms with van der Waals surface area (Å²) in [6, 6.07) is 13.0. The molecule has 28 heavy (non-hydrogen) atoms. The maximum atomic E-state index is 13.1. The van der Waals surface area contributed by atoms with E-state index in [1.165, 1.54) is 24.1 Å². The normalized spacial score (nSPS) is 20.7. The zero-order valence-electron chi connectivity index (χ0n) is 15.7. The van der Waals surface area contributed by atoms with E-state index in [1.807, 2.05) is 0 Å². The van der Waals surface area contributed by atoms with Crippen molar-refractivity contribution in [1.82, 2.24) is 4.90 Å². The van der Waals surface area contributed by atoms with Gasteiger partial charge in [-0.1, -0.05) is 12.1 Å². The van der Waals surface area contributed by atoms with Crippen molar-refractivity contribution in [2.45, 2.75) is 12.5 Å². The molecular formula is C21H22FN3O3. The van der Waals surface area contributed by atoms with Crippen LogP contribution in [0.4, 0.5) is 15.8 Å². The van der Waals surface area contributed by atoms with Crippen LogP contribution >= 0.6 is 0 Å². The Morgan fingerprint density at radius 2 is 1.64 bits per heavy atom. The largest absolute Gasteiger partial charge is 0.495 e. The van der Waals surface area contributed by atoms with Crippen LogP contribution in [0.1, 0.15) is 6.42 Å². The Morgan fingerprint density at radius 3 is 2.32 bits per heavy atom. The average molecular weight is 383 g/mol. The molecule has 0 bridgehead atoms. The number of anilines is 2. The average Bonchev–Trinajstić information content (AvgIpc) is 3.02. The van der Waals surface area contributed by atoms with Crippen LogP contribution in [0, 0.1) is 5.82 Å². The molecule has 6 nitrogen and oxygen atoms in total. The molecule has 2 aliphatic heterocycles. The molecule has 2 saturated heterocycles. The topological polar surface area (TPSA) is 53.1 Å². The van der Waals surface area contributed by atoms with Gasteiger partial charge < -0.3 is 9.64 Å². The van der Waals surface area contributed by atoms with E-state index in [0.29, 0.717) is 24.5 Å². The molecule has 2 amide bonds. The van der Waals surface area contributed by atoms with Gasteiger partial charge in [-0.2, -0.15) is 0 Å².